The van der Waals surface area contributed by atoms with Crippen molar-refractivity contribution in [1.29, 1.82) is 0 Å². The predicted octanol–water partition coefficient (Wildman–Crippen LogP) is 4.80. The summed E-state index contributed by atoms with van der Waals surface area (Å²) in [7, 11) is 0. The van der Waals surface area contributed by atoms with Crippen LogP contribution < -0.4 is 9.64 Å². The van der Waals surface area contributed by atoms with Gasteiger partial charge in [-0.25, -0.2) is 4.79 Å². The minimum absolute atomic E-state index is 0.00579. The molecule has 2 bridgehead atoms. The summed E-state index contributed by atoms with van der Waals surface area (Å²) in [4.78, 5) is 51.6. The Morgan fingerprint density at radius 2 is 1.38 bits per heavy atom. The number of imide groups is 1. The van der Waals surface area contributed by atoms with Crippen LogP contribution >= 0.6 is 0 Å². The number of carbonyl (C=O) groups is 4. The number of fused-ring (bicyclic) bond motifs is 6. The van der Waals surface area contributed by atoms with E-state index in [0.717, 1.165) is 30.0 Å². The molecule has 2 aliphatic carbocycles. The van der Waals surface area contributed by atoms with Gasteiger partial charge in [0.1, 0.15) is 5.75 Å². The largest absolute Gasteiger partial charge is 0.423 e. The third-order valence-electron chi connectivity index (χ3n) is 7.72. The van der Waals surface area contributed by atoms with Gasteiger partial charge in [0.15, 0.2) is 5.78 Å². The molecule has 6 heteroatoms. The van der Waals surface area contributed by atoms with Gasteiger partial charge in [-0.1, -0.05) is 18.2 Å². The first-order valence-electron chi connectivity index (χ1n) is 11.7. The maximum atomic E-state index is 13.0. The summed E-state index contributed by atoms with van der Waals surface area (Å²) in [5.41, 5.74) is 1.46. The fraction of sp³-hybridized carbons (Fsp3) is 0.286. The Kier molecular flexibility index (Phi) is 4.66. The van der Waals surface area contributed by atoms with Crippen LogP contribution in [0.15, 0.2) is 60.7 Å². The van der Waals surface area contributed by atoms with Crippen molar-refractivity contribution in [2.24, 2.45) is 23.7 Å². The molecule has 0 radical (unpaired) electrons. The number of esters is 1. The monoisotopic (exact) mass is 453 g/mol. The lowest BCUT2D eigenvalue weighted by atomic mass is 9.81. The van der Waals surface area contributed by atoms with Crippen LogP contribution in [-0.4, -0.2) is 23.6 Å². The number of ether oxygens (including phenoxy) is 1. The van der Waals surface area contributed by atoms with Crippen LogP contribution in [0.1, 0.15) is 46.9 Å². The molecule has 2 amide bonds. The molecule has 2 saturated carbocycles. The average molecular weight is 453 g/mol. The van der Waals surface area contributed by atoms with Crippen LogP contribution in [0.2, 0.25) is 0 Å². The van der Waals surface area contributed by atoms with Crippen molar-refractivity contribution in [1.82, 2.24) is 0 Å². The molecule has 3 aromatic carbocycles. The van der Waals surface area contributed by atoms with E-state index in [2.05, 4.69) is 0 Å². The van der Waals surface area contributed by atoms with Crippen molar-refractivity contribution >= 4 is 40.0 Å². The van der Waals surface area contributed by atoms with Gasteiger partial charge in [0.25, 0.3) is 0 Å². The number of hydrogen-bond donors (Lipinski definition) is 0. The molecule has 3 fully saturated rings. The zero-order chi connectivity index (χ0) is 23.6. The number of hydrogen-bond acceptors (Lipinski definition) is 5. The molecule has 170 valence electrons. The number of anilines is 1. The van der Waals surface area contributed by atoms with E-state index in [1.165, 1.54) is 11.8 Å². The predicted molar refractivity (Wildman–Crippen MR) is 126 cm³/mol. The molecule has 3 aliphatic rings. The number of rotatable bonds is 4. The second kappa shape index (κ2) is 7.62. The molecule has 3 aromatic rings. The van der Waals surface area contributed by atoms with Crippen molar-refractivity contribution in [2.75, 3.05) is 4.90 Å². The second-order valence-electron chi connectivity index (χ2n) is 9.61. The lowest BCUT2D eigenvalue weighted by Crippen LogP contribution is -2.32. The van der Waals surface area contributed by atoms with E-state index in [0.29, 0.717) is 34.4 Å². The van der Waals surface area contributed by atoms with E-state index in [4.69, 9.17) is 4.74 Å². The number of ketones is 1. The molecule has 4 atom stereocenters. The summed E-state index contributed by atoms with van der Waals surface area (Å²) in [5.74, 6) is -0.00312. The Labute approximate surface area is 196 Å². The van der Waals surface area contributed by atoms with Gasteiger partial charge in [0.05, 0.1) is 23.1 Å². The summed E-state index contributed by atoms with van der Waals surface area (Å²) in [6.45, 7) is 1.52. The van der Waals surface area contributed by atoms with Gasteiger partial charge in [-0.3, -0.25) is 19.3 Å². The van der Waals surface area contributed by atoms with Gasteiger partial charge >= 0.3 is 5.97 Å². The Balaban J connectivity index is 1.19. The van der Waals surface area contributed by atoms with Crippen LogP contribution in [0.3, 0.4) is 0 Å². The molecule has 6 rings (SSSR count). The molecular formula is C28H23NO5. The number of amides is 2. The molecule has 1 saturated heterocycles. The first-order chi connectivity index (χ1) is 16.4. The maximum Gasteiger partial charge on any atom is 0.343 e. The van der Waals surface area contributed by atoms with Gasteiger partial charge in [-0.2, -0.15) is 0 Å². The summed E-state index contributed by atoms with van der Waals surface area (Å²) < 4.78 is 5.54. The zero-order valence-corrected chi connectivity index (χ0v) is 18.7. The van der Waals surface area contributed by atoms with Crippen LogP contribution in [0.5, 0.6) is 5.75 Å². The Hall–Kier alpha value is -3.80. The van der Waals surface area contributed by atoms with E-state index in [1.807, 2.05) is 18.2 Å². The molecule has 0 aromatic heterocycles. The molecule has 0 N–H and O–H groups in total. The molecule has 0 spiro atoms. The highest BCUT2D eigenvalue weighted by Crippen LogP contribution is 2.56. The maximum absolute atomic E-state index is 13.0. The summed E-state index contributed by atoms with van der Waals surface area (Å²) in [6.07, 6.45) is 3.07. The van der Waals surface area contributed by atoms with Gasteiger partial charge in [0, 0.05) is 5.56 Å². The van der Waals surface area contributed by atoms with Crippen LogP contribution in [0.25, 0.3) is 10.8 Å². The van der Waals surface area contributed by atoms with E-state index >= 15 is 0 Å². The van der Waals surface area contributed by atoms with E-state index in [-0.39, 0.29) is 29.4 Å². The molecule has 34 heavy (non-hydrogen) atoms. The Morgan fingerprint density at radius 3 is 2.03 bits per heavy atom. The standard InChI is InChI=1S/C28H23NO5/c1-15(30)17-2-3-19-14-23(11-8-18(19)12-17)34-28(33)16-6-9-22(10-7-16)29-26(31)24-20-4-5-21(13-20)25(24)27(29)32/h2-3,6-12,14,20-21,24-25H,4-5,13H2,1H3. The van der Waals surface area contributed by atoms with E-state index < -0.39 is 5.97 Å². The highest BCUT2D eigenvalue weighted by atomic mass is 16.5. The summed E-state index contributed by atoms with van der Waals surface area (Å²) >= 11 is 0. The fourth-order valence-electron chi connectivity index (χ4n) is 6.08. The van der Waals surface area contributed by atoms with Crippen LogP contribution in [0.4, 0.5) is 5.69 Å². The van der Waals surface area contributed by atoms with Crippen molar-refractivity contribution in [3.63, 3.8) is 0 Å². The zero-order valence-electron chi connectivity index (χ0n) is 18.7. The van der Waals surface area contributed by atoms with E-state index in [9.17, 15) is 19.2 Å². The first kappa shape index (κ1) is 20.8. The van der Waals surface area contributed by atoms with Crippen molar-refractivity contribution in [3.8, 4) is 5.75 Å². The quantitative estimate of drug-likeness (QED) is 0.245. The minimum atomic E-state index is -0.528. The molecule has 1 aliphatic heterocycles. The lowest BCUT2D eigenvalue weighted by molar-refractivity contribution is -0.123. The Morgan fingerprint density at radius 1 is 0.794 bits per heavy atom. The minimum Gasteiger partial charge on any atom is -0.423 e. The summed E-state index contributed by atoms with van der Waals surface area (Å²) in [6, 6.07) is 17.1. The van der Waals surface area contributed by atoms with Gasteiger partial charge in [-0.05, 0) is 91.3 Å². The number of Topliss-reactive ketones (excluding diaryl/α,β-unsaturated/α-hetero) is 1. The van der Waals surface area contributed by atoms with Crippen LogP contribution in [-0.2, 0) is 9.59 Å². The SMILES string of the molecule is CC(=O)c1ccc2cc(OC(=O)c3ccc(N4C(=O)C5C6CCC(C6)C5C4=O)cc3)ccc2c1. The normalized spacial score (nSPS) is 25.1. The highest BCUT2D eigenvalue weighted by Gasteiger charge is 2.61. The molecule has 1 heterocycles. The first-order valence-corrected chi connectivity index (χ1v) is 11.7. The van der Waals surface area contributed by atoms with Crippen molar-refractivity contribution < 1.29 is 23.9 Å². The number of benzene rings is 3. The molecule has 6 nitrogen and oxygen atoms in total. The molecular weight excluding hydrogens is 430 g/mol. The smallest absolute Gasteiger partial charge is 0.343 e. The third kappa shape index (κ3) is 3.16. The topological polar surface area (TPSA) is 80.8 Å². The van der Waals surface area contributed by atoms with Crippen molar-refractivity contribution in [3.05, 3.63) is 71.8 Å². The highest BCUT2D eigenvalue weighted by molar-refractivity contribution is 6.22. The average Bonchev–Trinajstić information content (AvgIpc) is 3.52. The molecule has 4 unspecified atom stereocenters. The van der Waals surface area contributed by atoms with Gasteiger partial charge in [-0.15, -0.1) is 0 Å². The second-order valence-corrected chi connectivity index (χ2v) is 9.61. The summed E-state index contributed by atoms with van der Waals surface area (Å²) in [5, 5.41) is 1.74. The number of nitrogens with zero attached hydrogens (tertiary/aromatic N) is 1. The number of carbonyl (C=O) groups excluding carboxylic acids is 4. The van der Waals surface area contributed by atoms with Crippen molar-refractivity contribution in [2.45, 2.75) is 26.2 Å². The Bertz CT molecular complexity index is 1350. The third-order valence-corrected chi connectivity index (χ3v) is 7.72. The van der Waals surface area contributed by atoms with E-state index in [1.54, 1.807) is 42.5 Å². The van der Waals surface area contributed by atoms with Crippen LogP contribution in [0, 0.1) is 23.7 Å². The lowest BCUT2D eigenvalue weighted by Gasteiger charge is -2.19. The van der Waals surface area contributed by atoms with Gasteiger partial charge < -0.3 is 4.74 Å². The van der Waals surface area contributed by atoms with Gasteiger partial charge in [0.2, 0.25) is 11.8 Å². The fourth-order valence-corrected chi connectivity index (χ4v) is 6.08.